The zero-order valence-electron chi connectivity index (χ0n) is 19.0. The lowest BCUT2D eigenvalue weighted by Gasteiger charge is -2.33. The third kappa shape index (κ3) is 3.77. The molecule has 2 aromatic carbocycles. The first-order valence-electron chi connectivity index (χ1n) is 11.5. The van der Waals surface area contributed by atoms with Gasteiger partial charge in [0.2, 0.25) is 0 Å². The molecule has 3 heterocycles. The van der Waals surface area contributed by atoms with Gasteiger partial charge in [-0.2, -0.15) is 5.10 Å². The number of fused-ring (bicyclic) bond motifs is 1. The molecular weight excluding hydrogens is 498 g/mol. The third-order valence-electron chi connectivity index (χ3n) is 6.96. The second-order valence-corrected chi connectivity index (χ2v) is 10.2. The predicted molar refractivity (Wildman–Crippen MR) is 131 cm³/mol. The smallest absolute Gasteiger partial charge is 0.322 e. The van der Waals surface area contributed by atoms with Crippen molar-refractivity contribution in [2.45, 2.75) is 38.3 Å². The van der Waals surface area contributed by atoms with Crippen molar-refractivity contribution in [3.05, 3.63) is 64.3 Å². The van der Waals surface area contributed by atoms with E-state index in [0.29, 0.717) is 24.2 Å². The Kier molecular flexibility index (Phi) is 5.67. The average Bonchev–Trinajstić information content (AvgIpc) is 3.39. The Morgan fingerprint density at radius 1 is 1.12 bits per heavy atom. The van der Waals surface area contributed by atoms with Crippen LogP contribution in [0.4, 0.5) is 4.79 Å². The van der Waals surface area contributed by atoms with Gasteiger partial charge in [0.05, 0.1) is 11.6 Å². The first-order valence-corrected chi connectivity index (χ1v) is 12.2. The van der Waals surface area contributed by atoms with Crippen LogP contribution in [0.5, 0.6) is 0 Å². The van der Waals surface area contributed by atoms with E-state index in [4.69, 9.17) is 5.10 Å². The van der Waals surface area contributed by atoms with E-state index in [1.165, 1.54) is 0 Å². The molecule has 2 aliphatic heterocycles. The van der Waals surface area contributed by atoms with Crippen LogP contribution in [-0.4, -0.2) is 45.6 Å². The van der Waals surface area contributed by atoms with Gasteiger partial charge in [0, 0.05) is 34.7 Å². The van der Waals surface area contributed by atoms with E-state index >= 15 is 0 Å². The molecule has 2 fully saturated rings. The van der Waals surface area contributed by atoms with Crippen molar-refractivity contribution in [2.75, 3.05) is 13.1 Å². The van der Waals surface area contributed by atoms with Crippen LogP contribution < -0.4 is 10.6 Å². The summed E-state index contributed by atoms with van der Waals surface area (Å²) in [6.07, 6.45) is 3.74. The van der Waals surface area contributed by atoms with Crippen molar-refractivity contribution in [3.63, 3.8) is 0 Å². The molecule has 34 heavy (non-hydrogen) atoms. The van der Waals surface area contributed by atoms with Crippen LogP contribution >= 0.6 is 15.9 Å². The van der Waals surface area contributed by atoms with Gasteiger partial charge < -0.3 is 10.2 Å². The predicted octanol–water partition coefficient (Wildman–Crippen LogP) is 3.97. The summed E-state index contributed by atoms with van der Waals surface area (Å²) in [6, 6.07) is 12.8. The number of urea groups is 1. The first-order chi connectivity index (χ1) is 16.3. The lowest BCUT2D eigenvalue weighted by Crippen LogP contribution is -2.48. The molecular formula is C25H26BrN5O3. The summed E-state index contributed by atoms with van der Waals surface area (Å²) >= 11 is 3.50. The number of carbonyl (C=O) groups is 3. The van der Waals surface area contributed by atoms with Gasteiger partial charge in [-0.15, -0.1) is 0 Å². The van der Waals surface area contributed by atoms with E-state index in [1.807, 2.05) is 35.6 Å². The fourth-order valence-electron chi connectivity index (χ4n) is 5.01. The molecule has 2 saturated heterocycles. The minimum absolute atomic E-state index is 0.0296. The third-order valence-corrected chi connectivity index (χ3v) is 7.45. The molecule has 0 radical (unpaired) electrons. The van der Waals surface area contributed by atoms with Gasteiger partial charge in [-0.05, 0) is 54.7 Å². The number of piperidine rings is 1. The number of nitrogens with zero attached hydrogens (tertiary/aromatic N) is 3. The molecule has 5 rings (SSSR count). The van der Waals surface area contributed by atoms with Crippen molar-refractivity contribution in [3.8, 4) is 0 Å². The fraction of sp³-hybridized carbons (Fsp3) is 0.360. The van der Waals surface area contributed by atoms with E-state index in [1.54, 1.807) is 24.3 Å². The largest absolute Gasteiger partial charge is 0.338 e. The molecule has 0 unspecified atom stereocenters. The van der Waals surface area contributed by atoms with Crippen LogP contribution in [-0.2, 0) is 10.3 Å². The number of nitrogens with one attached hydrogen (secondary N) is 2. The molecule has 0 bridgehead atoms. The van der Waals surface area contributed by atoms with E-state index < -0.39 is 11.6 Å². The molecule has 3 aromatic rings. The van der Waals surface area contributed by atoms with Gasteiger partial charge in [0.25, 0.3) is 11.8 Å². The highest BCUT2D eigenvalue weighted by molar-refractivity contribution is 9.10. The second kappa shape index (κ2) is 8.54. The van der Waals surface area contributed by atoms with Gasteiger partial charge in [0.1, 0.15) is 5.54 Å². The highest BCUT2D eigenvalue weighted by atomic mass is 79.9. The standard InChI is InChI=1S/C25H26BrN5O3/c1-15(2)25(23(33)27-24(34)28-25)18-5-3-16(4-6-18)22(32)30-11-9-20(10-12-30)31-14-17-13-19(26)7-8-21(17)29-31/h3-8,13-15,20H,9-12H2,1-2H3,(H2,27,28,33,34)/t25-/m1/s1. The Bertz CT molecular complexity index is 1280. The van der Waals surface area contributed by atoms with Crippen LogP contribution in [0.2, 0.25) is 0 Å². The lowest BCUT2D eigenvalue weighted by atomic mass is 9.79. The maximum atomic E-state index is 13.1. The number of amides is 4. The molecule has 176 valence electrons. The van der Waals surface area contributed by atoms with Crippen LogP contribution in [0.15, 0.2) is 53.1 Å². The number of carbonyl (C=O) groups excluding carboxylic acids is 3. The number of benzene rings is 2. The maximum Gasteiger partial charge on any atom is 0.322 e. The molecule has 8 nitrogen and oxygen atoms in total. The molecule has 2 aliphatic rings. The number of imide groups is 1. The summed E-state index contributed by atoms with van der Waals surface area (Å²) < 4.78 is 3.06. The zero-order chi connectivity index (χ0) is 24.0. The molecule has 1 aromatic heterocycles. The number of aromatic nitrogens is 2. The van der Waals surface area contributed by atoms with Crippen LogP contribution in [0.3, 0.4) is 0 Å². The molecule has 2 N–H and O–H groups in total. The minimum Gasteiger partial charge on any atom is -0.338 e. The molecule has 0 aliphatic carbocycles. The maximum absolute atomic E-state index is 13.1. The zero-order valence-corrected chi connectivity index (χ0v) is 20.6. The van der Waals surface area contributed by atoms with E-state index in [-0.39, 0.29) is 23.8 Å². The van der Waals surface area contributed by atoms with E-state index in [0.717, 1.165) is 28.2 Å². The van der Waals surface area contributed by atoms with Crippen molar-refractivity contribution >= 4 is 44.7 Å². The van der Waals surface area contributed by atoms with E-state index in [2.05, 4.69) is 38.8 Å². The Balaban J connectivity index is 1.27. The molecule has 0 saturated carbocycles. The Labute approximate surface area is 205 Å². The first kappa shape index (κ1) is 22.6. The van der Waals surface area contributed by atoms with Crippen molar-refractivity contribution in [1.82, 2.24) is 25.3 Å². The van der Waals surface area contributed by atoms with Gasteiger partial charge in [-0.1, -0.05) is 41.9 Å². The molecule has 1 atom stereocenters. The summed E-state index contributed by atoms with van der Waals surface area (Å²) in [6.45, 7) is 5.07. The van der Waals surface area contributed by atoms with Crippen LogP contribution in [0.25, 0.3) is 10.9 Å². The molecule has 0 spiro atoms. The highest BCUT2D eigenvalue weighted by Gasteiger charge is 2.50. The normalized spacial score (nSPS) is 21.2. The van der Waals surface area contributed by atoms with Crippen molar-refractivity contribution in [1.29, 1.82) is 0 Å². The monoisotopic (exact) mass is 523 g/mol. The number of likely N-dealkylation sites (tertiary alicyclic amines) is 1. The van der Waals surface area contributed by atoms with Gasteiger partial charge in [0.15, 0.2) is 0 Å². The minimum atomic E-state index is -1.13. The average molecular weight is 524 g/mol. The topological polar surface area (TPSA) is 96.3 Å². The van der Waals surface area contributed by atoms with E-state index in [9.17, 15) is 14.4 Å². The molecule has 9 heteroatoms. The summed E-state index contributed by atoms with van der Waals surface area (Å²) in [5.41, 5.74) is 1.08. The van der Waals surface area contributed by atoms with Gasteiger partial charge in [-0.3, -0.25) is 19.6 Å². The number of hydrogen-bond donors (Lipinski definition) is 2. The summed E-state index contributed by atoms with van der Waals surface area (Å²) in [5.74, 6) is -0.551. The van der Waals surface area contributed by atoms with Crippen molar-refractivity contribution in [2.24, 2.45) is 5.92 Å². The Morgan fingerprint density at radius 2 is 1.82 bits per heavy atom. The second-order valence-electron chi connectivity index (χ2n) is 9.28. The lowest BCUT2D eigenvalue weighted by molar-refractivity contribution is -0.125. The highest BCUT2D eigenvalue weighted by Crippen LogP contribution is 2.33. The fourth-order valence-corrected chi connectivity index (χ4v) is 5.39. The summed E-state index contributed by atoms with van der Waals surface area (Å²) in [5, 5.41) is 10.9. The quantitative estimate of drug-likeness (QED) is 0.505. The Morgan fingerprint density at radius 3 is 2.44 bits per heavy atom. The molecule has 4 amide bonds. The number of hydrogen-bond acceptors (Lipinski definition) is 4. The Hall–Kier alpha value is -3.20. The van der Waals surface area contributed by atoms with Gasteiger partial charge >= 0.3 is 6.03 Å². The summed E-state index contributed by atoms with van der Waals surface area (Å²) in [4.78, 5) is 39.4. The van der Waals surface area contributed by atoms with Gasteiger partial charge in [-0.25, -0.2) is 4.79 Å². The van der Waals surface area contributed by atoms with Crippen molar-refractivity contribution < 1.29 is 14.4 Å². The SMILES string of the molecule is CC(C)[C@]1(c2ccc(C(=O)N3CCC(n4cc5cc(Br)ccc5n4)CC3)cc2)NC(=O)NC1=O. The van der Waals surface area contributed by atoms with Crippen LogP contribution in [0, 0.1) is 5.92 Å². The van der Waals surface area contributed by atoms with Crippen LogP contribution in [0.1, 0.15) is 48.7 Å². The number of rotatable bonds is 4. The summed E-state index contributed by atoms with van der Waals surface area (Å²) in [7, 11) is 0. The number of halogens is 1.